The van der Waals surface area contributed by atoms with Crippen LogP contribution in [0.1, 0.15) is 44.9 Å². The van der Waals surface area contributed by atoms with Crippen LogP contribution in [0, 0.1) is 11.6 Å². The van der Waals surface area contributed by atoms with Gasteiger partial charge in [0, 0.05) is 19.0 Å². The Morgan fingerprint density at radius 3 is 2.33 bits per heavy atom. The molecule has 1 aromatic carbocycles. The van der Waals surface area contributed by atoms with Crippen molar-refractivity contribution in [3.63, 3.8) is 0 Å². The fourth-order valence-electron chi connectivity index (χ4n) is 2.69. The van der Waals surface area contributed by atoms with Crippen molar-refractivity contribution < 1.29 is 13.6 Å². The van der Waals surface area contributed by atoms with E-state index in [1.807, 2.05) is 0 Å². The van der Waals surface area contributed by atoms with Crippen LogP contribution in [-0.4, -0.2) is 18.5 Å². The minimum atomic E-state index is -0.640. The highest BCUT2D eigenvalue weighted by Gasteiger charge is 2.14. The van der Waals surface area contributed by atoms with Gasteiger partial charge in [0.05, 0.1) is 0 Å². The number of hydrogen-bond acceptors (Lipinski definition) is 2. The molecule has 5 heteroatoms. The molecule has 0 spiro atoms. The number of rotatable bonds is 5. The van der Waals surface area contributed by atoms with Gasteiger partial charge >= 0.3 is 0 Å². The normalized spacial score (nSPS) is 16.3. The summed E-state index contributed by atoms with van der Waals surface area (Å²) in [6.07, 6.45) is 7.06. The minimum Gasteiger partial charge on any atom is -0.380 e. The summed E-state index contributed by atoms with van der Waals surface area (Å²) in [5.41, 5.74) is -0.167. The molecule has 1 aliphatic rings. The molecule has 0 unspecified atom stereocenters. The molecule has 1 aliphatic carbocycles. The summed E-state index contributed by atoms with van der Waals surface area (Å²) in [4.78, 5) is 11.8. The molecule has 0 aliphatic heterocycles. The Morgan fingerprint density at radius 1 is 1.10 bits per heavy atom. The maximum atomic E-state index is 13.4. The van der Waals surface area contributed by atoms with E-state index in [1.165, 1.54) is 31.0 Å². The van der Waals surface area contributed by atoms with Gasteiger partial charge in [0.25, 0.3) is 0 Å². The Balaban J connectivity index is 1.74. The second-order valence-corrected chi connectivity index (χ2v) is 5.53. The molecule has 1 fully saturated rings. The van der Waals surface area contributed by atoms with Crippen molar-refractivity contribution in [3.05, 3.63) is 29.8 Å². The zero-order valence-electron chi connectivity index (χ0n) is 12.1. The third kappa shape index (κ3) is 4.99. The van der Waals surface area contributed by atoms with Crippen molar-refractivity contribution in [3.8, 4) is 0 Å². The number of anilines is 1. The Hall–Kier alpha value is -1.65. The Bertz CT molecular complexity index is 451. The lowest BCUT2D eigenvalue weighted by Gasteiger charge is -2.16. The molecule has 0 bridgehead atoms. The Morgan fingerprint density at radius 2 is 1.71 bits per heavy atom. The van der Waals surface area contributed by atoms with Gasteiger partial charge in [0.15, 0.2) is 0 Å². The molecule has 0 atom stereocenters. The number of halogens is 2. The number of hydrogen-bond donors (Lipinski definition) is 2. The molecular formula is C16H22F2N2O. The van der Waals surface area contributed by atoms with Gasteiger partial charge in [-0.25, -0.2) is 8.78 Å². The summed E-state index contributed by atoms with van der Waals surface area (Å²) in [7, 11) is 0. The predicted octanol–water partition coefficient (Wildman–Crippen LogP) is 3.61. The van der Waals surface area contributed by atoms with E-state index >= 15 is 0 Å². The SMILES string of the molecule is O=C(CCNc1c(F)cccc1F)NC1CCCCCC1. The van der Waals surface area contributed by atoms with Gasteiger partial charge in [-0.05, 0) is 25.0 Å². The molecule has 1 amide bonds. The number of para-hydroxylation sites is 1. The summed E-state index contributed by atoms with van der Waals surface area (Å²) < 4.78 is 26.8. The molecule has 0 heterocycles. The zero-order valence-corrected chi connectivity index (χ0v) is 12.1. The van der Waals surface area contributed by atoms with E-state index in [1.54, 1.807) is 0 Å². The molecule has 2 rings (SSSR count). The molecule has 0 radical (unpaired) electrons. The maximum absolute atomic E-state index is 13.4. The van der Waals surface area contributed by atoms with Crippen molar-refractivity contribution in [2.75, 3.05) is 11.9 Å². The van der Waals surface area contributed by atoms with Gasteiger partial charge in [0.1, 0.15) is 17.3 Å². The smallest absolute Gasteiger partial charge is 0.221 e. The largest absolute Gasteiger partial charge is 0.380 e. The van der Waals surface area contributed by atoms with Crippen LogP contribution in [0.4, 0.5) is 14.5 Å². The number of nitrogens with one attached hydrogen (secondary N) is 2. The molecular weight excluding hydrogens is 274 g/mol. The van der Waals surface area contributed by atoms with Gasteiger partial charge in [-0.15, -0.1) is 0 Å². The van der Waals surface area contributed by atoms with E-state index in [0.29, 0.717) is 0 Å². The summed E-state index contributed by atoms with van der Waals surface area (Å²) in [6, 6.07) is 3.95. The summed E-state index contributed by atoms with van der Waals surface area (Å²) in [5, 5.41) is 5.66. The molecule has 3 nitrogen and oxygen atoms in total. The highest BCUT2D eigenvalue weighted by atomic mass is 19.1. The zero-order chi connectivity index (χ0) is 15.1. The summed E-state index contributed by atoms with van der Waals surface area (Å²) >= 11 is 0. The van der Waals surface area contributed by atoms with Crippen LogP contribution >= 0.6 is 0 Å². The van der Waals surface area contributed by atoms with Crippen LogP contribution in [0.25, 0.3) is 0 Å². The summed E-state index contributed by atoms with van der Waals surface area (Å²) in [6.45, 7) is 0.219. The third-order valence-corrected chi connectivity index (χ3v) is 3.84. The molecule has 1 saturated carbocycles. The van der Waals surface area contributed by atoms with Gasteiger partial charge in [0.2, 0.25) is 5.91 Å². The first-order chi connectivity index (χ1) is 10.2. The average Bonchev–Trinajstić information content (AvgIpc) is 2.71. The van der Waals surface area contributed by atoms with Gasteiger partial charge in [-0.3, -0.25) is 4.79 Å². The topological polar surface area (TPSA) is 41.1 Å². The van der Waals surface area contributed by atoms with E-state index in [9.17, 15) is 13.6 Å². The quantitative estimate of drug-likeness (QED) is 0.815. The van der Waals surface area contributed by atoms with E-state index in [-0.39, 0.29) is 30.6 Å². The standard InChI is InChI=1S/C16H22F2N2O/c17-13-8-5-9-14(18)16(13)19-11-10-15(21)20-12-6-3-1-2-4-7-12/h5,8-9,12,19H,1-4,6-7,10-11H2,(H,20,21). The summed E-state index contributed by atoms with van der Waals surface area (Å²) in [5.74, 6) is -1.34. The monoisotopic (exact) mass is 296 g/mol. The highest BCUT2D eigenvalue weighted by molar-refractivity contribution is 5.76. The molecule has 21 heavy (non-hydrogen) atoms. The van der Waals surface area contributed by atoms with Crippen molar-refractivity contribution in [1.29, 1.82) is 0 Å². The first kappa shape index (κ1) is 15.7. The lowest BCUT2D eigenvalue weighted by atomic mass is 10.1. The van der Waals surface area contributed by atoms with Crippen molar-refractivity contribution >= 4 is 11.6 Å². The average molecular weight is 296 g/mol. The van der Waals surface area contributed by atoms with Crippen LogP contribution in [0.5, 0.6) is 0 Å². The lowest BCUT2D eigenvalue weighted by Crippen LogP contribution is -2.35. The second-order valence-electron chi connectivity index (χ2n) is 5.53. The Labute approximate surface area is 124 Å². The van der Waals surface area contributed by atoms with E-state index < -0.39 is 11.6 Å². The van der Waals surface area contributed by atoms with Gasteiger partial charge in [-0.1, -0.05) is 31.7 Å². The highest BCUT2D eigenvalue weighted by Crippen LogP contribution is 2.18. The van der Waals surface area contributed by atoms with Crippen molar-refractivity contribution in [2.45, 2.75) is 51.0 Å². The van der Waals surface area contributed by atoms with Crippen LogP contribution in [0.15, 0.2) is 18.2 Å². The lowest BCUT2D eigenvalue weighted by molar-refractivity contribution is -0.121. The number of benzene rings is 1. The van der Waals surface area contributed by atoms with Crippen molar-refractivity contribution in [1.82, 2.24) is 5.32 Å². The van der Waals surface area contributed by atoms with E-state index in [0.717, 1.165) is 25.7 Å². The number of amides is 1. The Kier molecular flexibility index (Phi) is 5.96. The molecule has 116 valence electrons. The fraction of sp³-hybridized carbons (Fsp3) is 0.562. The second kappa shape index (κ2) is 7.96. The van der Waals surface area contributed by atoms with Crippen molar-refractivity contribution in [2.24, 2.45) is 0 Å². The first-order valence-corrected chi connectivity index (χ1v) is 7.64. The van der Waals surface area contributed by atoms with Crippen LogP contribution in [0.3, 0.4) is 0 Å². The van der Waals surface area contributed by atoms with Gasteiger partial charge < -0.3 is 10.6 Å². The third-order valence-electron chi connectivity index (χ3n) is 3.84. The predicted molar refractivity (Wildman–Crippen MR) is 79.1 cm³/mol. The van der Waals surface area contributed by atoms with E-state index in [4.69, 9.17) is 0 Å². The fourth-order valence-corrected chi connectivity index (χ4v) is 2.69. The van der Waals surface area contributed by atoms with Crippen LogP contribution < -0.4 is 10.6 Å². The maximum Gasteiger partial charge on any atom is 0.221 e. The number of carbonyl (C=O) groups is 1. The molecule has 0 aromatic heterocycles. The molecule has 0 saturated heterocycles. The van der Waals surface area contributed by atoms with E-state index in [2.05, 4.69) is 10.6 Å². The molecule has 1 aromatic rings. The van der Waals surface area contributed by atoms with Crippen LogP contribution in [0.2, 0.25) is 0 Å². The first-order valence-electron chi connectivity index (χ1n) is 7.64. The molecule has 2 N–H and O–H groups in total. The minimum absolute atomic E-state index is 0.0638. The van der Waals surface area contributed by atoms with Gasteiger partial charge in [-0.2, -0.15) is 0 Å². The number of carbonyl (C=O) groups excluding carboxylic acids is 1. The van der Waals surface area contributed by atoms with Crippen LogP contribution in [-0.2, 0) is 4.79 Å².